The molecule has 0 bridgehead atoms. The van der Waals surface area contributed by atoms with Gasteiger partial charge in [-0.1, -0.05) is 13.0 Å². The molecule has 0 radical (unpaired) electrons. The molecule has 0 saturated heterocycles. The van der Waals surface area contributed by atoms with Crippen LogP contribution in [0.1, 0.15) is 12.5 Å². The van der Waals surface area contributed by atoms with E-state index in [2.05, 4.69) is 10.0 Å². The average Bonchev–Trinajstić information content (AvgIpc) is 2.35. The Balaban J connectivity index is 3.10. The van der Waals surface area contributed by atoms with Crippen molar-refractivity contribution in [1.29, 1.82) is 0 Å². The Morgan fingerprint density at radius 3 is 2.59 bits per heavy atom. The van der Waals surface area contributed by atoms with E-state index in [1.165, 1.54) is 14.2 Å². The normalized spacial score (nSPS) is 11.5. The van der Waals surface area contributed by atoms with Gasteiger partial charge in [0.15, 0.2) is 0 Å². The minimum Gasteiger partial charge on any atom is -0.495 e. The second kappa shape index (κ2) is 6.00. The van der Waals surface area contributed by atoms with Crippen molar-refractivity contribution < 1.29 is 13.2 Å². The van der Waals surface area contributed by atoms with Crippen molar-refractivity contribution in [3.05, 3.63) is 23.8 Å². The number of sulfonamides is 1. The zero-order valence-electron chi connectivity index (χ0n) is 10.3. The Labute approximate surface area is 102 Å². The summed E-state index contributed by atoms with van der Waals surface area (Å²) >= 11 is 0. The first-order chi connectivity index (χ1) is 8.05. The van der Waals surface area contributed by atoms with Crippen molar-refractivity contribution >= 4 is 10.0 Å². The van der Waals surface area contributed by atoms with Gasteiger partial charge < -0.3 is 10.1 Å². The highest BCUT2D eigenvalue weighted by atomic mass is 32.2. The van der Waals surface area contributed by atoms with Crippen LogP contribution in [0.4, 0.5) is 0 Å². The molecule has 5 nitrogen and oxygen atoms in total. The molecular formula is C11H18N2O3S. The third-order valence-corrected chi connectivity index (χ3v) is 3.82. The lowest BCUT2D eigenvalue weighted by atomic mass is 10.2. The molecule has 0 amide bonds. The van der Waals surface area contributed by atoms with Crippen LogP contribution in [0.2, 0.25) is 0 Å². The van der Waals surface area contributed by atoms with E-state index in [1.807, 2.05) is 6.92 Å². The van der Waals surface area contributed by atoms with E-state index in [-0.39, 0.29) is 4.90 Å². The topological polar surface area (TPSA) is 67.4 Å². The number of rotatable bonds is 6. The van der Waals surface area contributed by atoms with Crippen LogP contribution in [-0.4, -0.2) is 29.1 Å². The van der Waals surface area contributed by atoms with Gasteiger partial charge >= 0.3 is 0 Å². The molecule has 1 aromatic rings. The van der Waals surface area contributed by atoms with E-state index >= 15 is 0 Å². The SMILES string of the molecule is CCNCc1ccc(S(=O)(=O)NC)c(OC)c1. The van der Waals surface area contributed by atoms with Crippen molar-refractivity contribution in [3.63, 3.8) is 0 Å². The molecule has 96 valence electrons. The lowest BCUT2D eigenvalue weighted by Crippen LogP contribution is -2.19. The van der Waals surface area contributed by atoms with Gasteiger partial charge in [-0.15, -0.1) is 0 Å². The molecule has 6 heteroatoms. The number of nitrogens with one attached hydrogen (secondary N) is 2. The highest BCUT2D eigenvalue weighted by Gasteiger charge is 2.17. The molecule has 2 N–H and O–H groups in total. The molecule has 0 fully saturated rings. The number of ether oxygens (including phenoxy) is 1. The van der Waals surface area contributed by atoms with Crippen LogP contribution in [0.25, 0.3) is 0 Å². The van der Waals surface area contributed by atoms with Crippen LogP contribution in [0, 0.1) is 0 Å². The first-order valence-electron chi connectivity index (χ1n) is 5.36. The summed E-state index contributed by atoms with van der Waals surface area (Å²) in [4.78, 5) is 0.155. The van der Waals surface area contributed by atoms with Gasteiger partial charge in [0.05, 0.1) is 7.11 Å². The van der Waals surface area contributed by atoms with Crippen LogP contribution in [-0.2, 0) is 16.6 Å². The van der Waals surface area contributed by atoms with E-state index in [0.29, 0.717) is 12.3 Å². The van der Waals surface area contributed by atoms with Crippen molar-refractivity contribution in [3.8, 4) is 5.75 Å². The molecule has 1 rings (SSSR count). The molecule has 0 unspecified atom stereocenters. The standard InChI is InChI=1S/C11H18N2O3S/c1-4-13-8-9-5-6-11(10(7-9)16-3)17(14,15)12-2/h5-7,12-13H,4,8H2,1-3H3. The maximum atomic E-state index is 11.7. The summed E-state index contributed by atoms with van der Waals surface area (Å²) in [7, 11) is -0.638. The van der Waals surface area contributed by atoms with Crippen LogP contribution < -0.4 is 14.8 Å². The lowest BCUT2D eigenvalue weighted by molar-refractivity contribution is 0.401. The monoisotopic (exact) mass is 258 g/mol. The summed E-state index contributed by atoms with van der Waals surface area (Å²) in [5.41, 5.74) is 0.985. The summed E-state index contributed by atoms with van der Waals surface area (Å²) in [5, 5.41) is 3.17. The van der Waals surface area contributed by atoms with Crippen LogP contribution in [0.5, 0.6) is 5.75 Å². The number of benzene rings is 1. The van der Waals surface area contributed by atoms with Crippen molar-refractivity contribution in [2.45, 2.75) is 18.4 Å². The highest BCUT2D eigenvalue weighted by molar-refractivity contribution is 7.89. The third-order valence-electron chi connectivity index (χ3n) is 2.37. The molecular weight excluding hydrogens is 240 g/mol. The molecule has 0 heterocycles. The summed E-state index contributed by atoms with van der Waals surface area (Å²) in [6, 6.07) is 5.06. The zero-order valence-corrected chi connectivity index (χ0v) is 11.1. The van der Waals surface area contributed by atoms with Crippen LogP contribution >= 0.6 is 0 Å². The second-order valence-corrected chi connectivity index (χ2v) is 5.33. The minimum atomic E-state index is -3.47. The highest BCUT2D eigenvalue weighted by Crippen LogP contribution is 2.24. The van der Waals surface area contributed by atoms with Crippen LogP contribution in [0.15, 0.2) is 23.1 Å². The molecule has 0 aromatic heterocycles. The van der Waals surface area contributed by atoms with Gasteiger partial charge in [0, 0.05) is 6.54 Å². The largest absolute Gasteiger partial charge is 0.495 e. The van der Waals surface area contributed by atoms with Gasteiger partial charge in [0.2, 0.25) is 10.0 Å². The fraction of sp³-hybridized carbons (Fsp3) is 0.455. The van der Waals surface area contributed by atoms with Gasteiger partial charge in [-0.05, 0) is 31.3 Å². The predicted molar refractivity (Wildman–Crippen MR) is 66.6 cm³/mol. The Morgan fingerprint density at radius 2 is 2.06 bits per heavy atom. The summed E-state index contributed by atoms with van der Waals surface area (Å²) < 4.78 is 30.8. The molecule has 0 saturated carbocycles. The van der Waals surface area contributed by atoms with Crippen LogP contribution in [0.3, 0.4) is 0 Å². The Hall–Kier alpha value is -1.11. The first kappa shape index (κ1) is 14.0. The number of hydrogen-bond acceptors (Lipinski definition) is 4. The van der Waals surface area contributed by atoms with Crippen molar-refractivity contribution in [2.75, 3.05) is 20.7 Å². The maximum Gasteiger partial charge on any atom is 0.243 e. The van der Waals surface area contributed by atoms with E-state index in [4.69, 9.17) is 4.74 Å². The molecule has 0 aliphatic heterocycles. The lowest BCUT2D eigenvalue weighted by Gasteiger charge is -2.10. The summed E-state index contributed by atoms with van der Waals surface area (Å²) in [6.45, 7) is 3.56. The zero-order chi connectivity index (χ0) is 12.9. The Kier molecular flexibility index (Phi) is 4.92. The molecule has 17 heavy (non-hydrogen) atoms. The van der Waals surface area contributed by atoms with E-state index < -0.39 is 10.0 Å². The number of methoxy groups -OCH3 is 1. The van der Waals surface area contributed by atoms with Gasteiger partial charge in [-0.25, -0.2) is 13.1 Å². The second-order valence-electron chi connectivity index (χ2n) is 3.47. The Bertz CT molecular complexity index is 472. The van der Waals surface area contributed by atoms with Gasteiger partial charge in [0.25, 0.3) is 0 Å². The van der Waals surface area contributed by atoms with Gasteiger partial charge in [0.1, 0.15) is 10.6 Å². The van der Waals surface area contributed by atoms with E-state index in [0.717, 1.165) is 12.1 Å². The molecule has 0 spiro atoms. The fourth-order valence-electron chi connectivity index (χ4n) is 1.42. The quantitative estimate of drug-likeness (QED) is 0.788. The maximum absolute atomic E-state index is 11.7. The predicted octanol–water partition coefficient (Wildman–Crippen LogP) is 0.713. The number of hydrogen-bond donors (Lipinski definition) is 2. The van der Waals surface area contributed by atoms with Crippen molar-refractivity contribution in [1.82, 2.24) is 10.0 Å². The Morgan fingerprint density at radius 1 is 1.35 bits per heavy atom. The summed E-state index contributed by atoms with van der Waals surface area (Å²) in [6.07, 6.45) is 0. The molecule has 0 atom stereocenters. The van der Waals surface area contributed by atoms with E-state index in [1.54, 1.807) is 18.2 Å². The van der Waals surface area contributed by atoms with Gasteiger partial charge in [-0.3, -0.25) is 0 Å². The summed E-state index contributed by atoms with van der Waals surface area (Å²) in [5.74, 6) is 0.356. The third kappa shape index (κ3) is 3.42. The van der Waals surface area contributed by atoms with Gasteiger partial charge in [-0.2, -0.15) is 0 Å². The average molecular weight is 258 g/mol. The fourth-order valence-corrected chi connectivity index (χ4v) is 2.30. The molecule has 0 aliphatic rings. The first-order valence-corrected chi connectivity index (χ1v) is 6.84. The van der Waals surface area contributed by atoms with Crippen molar-refractivity contribution in [2.24, 2.45) is 0 Å². The molecule has 1 aromatic carbocycles. The van der Waals surface area contributed by atoms with E-state index in [9.17, 15) is 8.42 Å². The smallest absolute Gasteiger partial charge is 0.243 e. The molecule has 0 aliphatic carbocycles. The minimum absolute atomic E-state index is 0.155.